The molecule has 0 unspecified atom stereocenters. The SMILES string of the molecule is COC(=O)c1ccc(-c2nc(Oc3ccc(C(F)(F)F)cc3)sc2C=O)cc1. The van der Waals surface area contributed by atoms with Crippen LogP contribution in [0, 0.1) is 0 Å². The quantitative estimate of drug-likeness (QED) is 0.429. The molecule has 5 nitrogen and oxygen atoms in total. The van der Waals surface area contributed by atoms with E-state index in [0.717, 1.165) is 23.5 Å². The molecule has 1 aromatic heterocycles. The molecule has 144 valence electrons. The number of hydrogen-bond donors (Lipinski definition) is 0. The van der Waals surface area contributed by atoms with Crippen molar-refractivity contribution in [3.8, 4) is 22.2 Å². The second-order valence-electron chi connectivity index (χ2n) is 5.50. The zero-order chi connectivity index (χ0) is 20.3. The Hall–Kier alpha value is -3.20. The largest absolute Gasteiger partial charge is 0.465 e. The summed E-state index contributed by atoms with van der Waals surface area (Å²) >= 11 is 0.959. The van der Waals surface area contributed by atoms with Gasteiger partial charge in [0.1, 0.15) is 5.75 Å². The number of hydrogen-bond acceptors (Lipinski definition) is 6. The summed E-state index contributed by atoms with van der Waals surface area (Å²) in [6.07, 6.45) is -3.82. The van der Waals surface area contributed by atoms with Crippen LogP contribution < -0.4 is 4.74 Å². The van der Waals surface area contributed by atoms with Gasteiger partial charge in [-0.1, -0.05) is 23.5 Å². The van der Waals surface area contributed by atoms with Crippen LogP contribution in [0.5, 0.6) is 10.9 Å². The maximum Gasteiger partial charge on any atom is 0.416 e. The van der Waals surface area contributed by atoms with Gasteiger partial charge in [0.25, 0.3) is 5.19 Å². The molecule has 0 radical (unpaired) electrons. The van der Waals surface area contributed by atoms with Crippen LogP contribution in [0.2, 0.25) is 0 Å². The summed E-state index contributed by atoms with van der Waals surface area (Å²) in [4.78, 5) is 27.4. The van der Waals surface area contributed by atoms with Gasteiger partial charge in [0.05, 0.1) is 28.8 Å². The Morgan fingerprint density at radius 3 is 2.25 bits per heavy atom. The summed E-state index contributed by atoms with van der Waals surface area (Å²) in [5.41, 5.74) is 0.473. The minimum atomic E-state index is -4.44. The highest BCUT2D eigenvalue weighted by atomic mass is 32.1. The van der Waals surface area contributed by atoms with Crippen molar-refractivity contribution in [3.63, 3.8) is 0 Å². The van der Waals surface area contributed by atoms with Crippen LogP contribution in [0.1, 0.15) is 25.6 Å². The zero-order valence-electron chi connectivity index (χ0n) is 14.3. The first-order valence-electron chi connectivity index (χ1n) is 7.81. The van der Waals surface area contributed by atoms with E-state index in [1.807, 2.05) is 0 Å². The molecule has 3 aromatic rings. The monoisotopic (exact) mass is 407 g/mol. The molecule has 0 N–H and O–H groups in total. The van der Waals surface area contributed by atoms with E-state index in [1.165, 1.54) is 31.4 Å². The van der Waals surface area contributed by atoms with Gasteiger partial charge in [0.2, 0.25) is 0 Å². The van der Waals surface area contributed by atoms with Crippen LogP contribution in [0.25, 0.3) is 11.3 Å². The normalized spacial score (nSPS) is 11.1. The predicted octanol–water partition coefficient (Wildman–Crippen LogP) is 5.22. The minimum Gasteiger partial charge on any atom is -0.465 e. The Morgan fingerprint density at radius 2 is 1.71 bits per heavy atom. The number of methoxy groups -OCH3 is 1. The van der Waals surface area contributed by atoms with Gasteiger partial charge in [-0.15, -0.1) is 0 Å². The predicted molar refractivity (Wildman–Crippen MR) is 95.8 cm³/mol. The number of thiazole rings is 1. The highest BCUT2D eigenvalue weighted by Crippen LogP contribution is 2.35. The summed E-state index contributed by atoms with van der Waals surface area (Å²) in [7, 11) is 1.27. The Balaban J connectivity index is 1.84. The number of esters is 1. The molecule has 0 aliphatic rings. The third kappa shape index (κ3) is 4.20. The van der Waals surface area contributed by atoms with Crippen LogP contribution in [0.4, 0.5) is 13.2 Å². The third-order valence-corrected chi connectivity index (χ3v) is 4.57. The van der Waals surface area contributed by atoms with Crippen molar-refractivity contribution in [1.29, 1.82) is 0 Å². The van der Waals surface area contributed by atoms with Crippen molar-refractivity contribution in [3.05, 3.63) is 64.5 Å². The number of carbonyl (C=O) groups excluding carboxylic acids is 2. The van der Waals surface area contributed by atoms with E-state index in [-0.39, 0.29) is 15.8 Å². The Labute approximate surface area is 161 Å². The van der Waals surface area contributed by atoms with Crippen LogP contribution in [0.15, 0.2) is 48.5 Å². The number of rotatable bonds is 5. The second-order valence-corrected chi connectivity index (χ2v) is 6.50. The summed E-state index contributed by atoms with van der Waals surface area (Å²) in [5, 5.41) is 0.105. The van der Waals surface area contributed by atoms with E-state index >= 15 is 0 Å². The van der Waals surface area contributed by atoms with Gasteiger partial charge in [0.15, 0.2) is 6.29 Å². The first kappa shape index (κ1) is 19.6. The van der Waals surface area contributed by atoms with Crippen LogP contribution in [-0.2, 0) is 10.9 Å². The molecule has 0 bridgehead atoms. The lowest BCUT2D eigenvalue weighted by Crippen LogP contribution is -2.03. The lowest BCUT2D eigenvalue weighted by atomic mass is 10.1. The smallest absolute Gasteiger partial charge is 0.416 e. The summed E-state index contributed by atoms with van der Waals surface area (Å²) in [6.45, 7) is 0. The second kappa shape index (κ2) is 7.81. The topological polar surface area (TPSA) is 65.5 Å². The van der Waals surface area contributed by atoms with Crippen molar-refractivity contribution < 1.29 is 32.2 Å². The molecule has 0 aliphatic carbocycles. The fourth-order valence-electron chi connectivity index (χ4n) is 2.34. The van der Waals surface area contributed by atoms with Gasteiger partial charge in [-0.3, -0.25) is 4.79 Å². The molecule has 3 rings (SSSR count). The number of carbonyl (C=O) groups is 2. The molecule has 0 saturated carbocycles. The van der Waals surface area contributed by atoms with Gasteiger partial charge in [-0.2, -0.15) is 13.2 Å². The summed E-state index contributed by atoms with van der Waals surface area (Å²) < 4.78 is 48.0. The van der Waals surface area contributed by atoms with Crippen LogP contribution in [-0.4, -0.2) is 24.3 Å². The lowest BCUT2D eigenvalue weighted by Gasteiger charge is -2.07. The third-order valence-electron chi connectivity index (χ3n) is 3.71. The molecular weight excluding hydrogens is 395 g/mol. The number of halogens is 3. The molecule has 0 saturated heterocycles. The number of nitrogens with zero attached hydrogens (tertiary/aromatic N) is 1. The molecule has 0 atom stereocenters. The summed E-state index contributed by atoms with van der Waals surface area (Å²) in [5.74, 6) is -0.335. The number of alkyl halides is 3. The van der Waals surface area contributed by atoms with Crippen molar-refractivity contribution in [2.45, 2.75) is 6.18 Å². The van der Waals surface area contributed by atoms with E-state index < -0.39 is 17.7 Å². The zero-order valence-corrected chi connectivity index (χ0v) is 15.1. The van der Waals surface area contributed by atoms with E-state index in [9.17, 15) is 22.8 Å². The van der Waals surface area contributed by atoms with Gasteiger partial charge >= 0.3 is 12.1 Å². The molecule has 0 spiro atoms. The van der Waals surface area contributed by atoms with Gasteiger partial charge in [0, 0.05) is 5.56 Å². The average molecular weight is 407 g/mol. The van der Waals surface area contributed by atoms with Crippen molar-refractivity contribution >= 4 is 23.6 Å². The fourth-order valence-corrected chi connectivity index (χ4v) is 3.11. The molecular formula is C19H12F3NO4S. The molecule has 0 aliphatic heterocycles. The molecule has 9 heteroatoms. The van der Waals surface area contributed by atoms with Crippen LogP contribution in [0.3, 0.4) is 0 Å². The average Bonchev–Trinajstić information content (AvgIpc) is 3.10. The number of aldehydes is 1. The van der Waals surface area contributed by atoms with Crippen molar-refractivity contribution in [2.75, 3.05) is 7.11 Å². The Kier molecular flexibility index (Phi) is 5.46. The maximum atomic E-state index is 12.6. The summed E-state index contributed by atoms with van der Waals surface area (Å²) in [6, 6.07) is 10.4. The fraction of sp³-hybridized carbons (Fsp3) is 0.105. The standard InChI is InChI=1S/C19H12F3NO4S/c1-26-17(25)12-4-2-11(3-5-12)16-15(10-24)28-18(23-16)27-14-8-6-13(7-9-14)19(20,21)22/h2-10H,1H3. The number of aromatic nitrogens is 1. The van der Waals surface area contributed by atoms with Gasteiger partial charge < -0.3 is 9.47 Å². The highest BCUT2D eigenvalue weighted by molar-refractivity contribution is 7.15. The van der Waals surface area contributed by atoms with Crippen molar-refractivity contribution in [2.24, 2.45) is 0 Å². The first-order valence-corrected chi connectivity index (χ1v) is 8.63. The first-order chi connectivity index (χ1) is 13.3. The maximum absolute atomic E-state index is 12.6. The minimum absolute atomic E-state index is 0.105. The Bertz CT molecular complexity index is 996. The van der Waals surface area contributed by atoms with E-state index in [1.54, 1.807) is 12.1 Å². The lowest BCUT2D eigenvalue weighted by molar-refractivity contribution is -0.137. The molecule has 0 fully saturated rings. The van der Waals surface area contributed by atoms with Crippen LogP contribution >= 0.6 is 11.3 Å². The van der Waals surface area contributed by atoms with Crippen molar-refractivity contribution in [1.82, 2.24) is 4.98 Å². The number of benzene rings is 2. The van der Waals surface area contributed by atoms with E-state index in [0.29, 0.717) is 23.1 Å². The molecule has 2 aromatic carbocycles. The van der Waals surface area contributed by atoms with Gasteiger partial charge in [-0.05, 0) is 36.4 Å². The molecule has 0 amide bonds. The van der Waals surface area contributed by atoms with Gasteiger partial charge in [-0.25, -0.2) is 9.78 Å². The molecule has 28 heavy (non-hydrogen) atoms. The van der Waals surface area contributed by atoms with E-state index in [4.69, 9.17) is 4.74 Å². The van der Waals surface area contributed by atoms with E-state index in [2.05, 4.69) is 9.72 Å². The number of ether oxygens (including phenoxy) is 2. The highest BCUT2D eigenvalue weighted by Gasteiger charge is 2.30. The Morgan fingerprint density at radius 1 is 1.07 bits per heavy atom. The molecule has 1 heterocycles.